The number of hydrogen-bond acceptors (Lipinski definition) is 13. The van der Waals surface area contributed by atoms with Gasteiger partial charge >= 0.3 is 0 Å². The van der Waals surface area contributed by atoms with E-state index in [2.05, 4.69) is 6.92 Å². The molecule has 13 heteroatoms. The van der Waals surface area contributed by atoms with Crippen LogP contribution in [-0.4, -0.2) is 165 Å². The van der Waals surface area contributed by atoms with Crippen molar-refractivity contribution in [1.29, 1.82) is 0 Å². The highest BCUT2D eigenvalue weighted by Gasteiger charge is 1.96. The van der Waals surface area contributed by atoms with E-state index < -0.39 is 0 Å². The Balaban J connectivity index is 3.02. The van der Waals surface area contributed by atoms with E-state index >= 15 is 0 Å². The van der Waals surface area contributed by atoms with Crippen molar-refractivity contribution in [3.63, 3.8) is 0 Å². The Morgan fingerprint density at radius 3 is 0.634 bits per heavy atom. The van der Waals surface area contributed by atoms with Crippen molar-refractivity contribution in [3.05, 3.63) is 0 Å². The molecule has 0 N–H and O–H groups in total. The minimum atomic E-state index is 0.416. The first-order valence-corrected chi connectivity index (χ1v) is 14.8. The Kier molecular flexibility index (Phi) is 38.4. The van der Waals surface area contributed by atoms with E-state index in [-0.39, 0.29) is 0 Å². The zero-order valence-corrected chi connectivity index (χ0v) is 25.3. The molecule has 0 radical (unpaired) electrons. The summed E-state index contributed by atoms with van der Waals surface area (Å²) in [5.41, 5.74) is 0. The molecule has 0 aliphatic heterocycles. The van der Waals surface area contributed by atoms with Gasteiger partial charge in [-0.15, -0.1) is 0 Å². The maximum atomic E-state index is 10.1. The number of aldehydes is 1. The van der Waals surface area contributed by atoms with Gasteiger partial charge in [0, 0.05) is 13.0 Å². The molecule has 0 saturated carbocycles. The molecule has 0 aromatic heterocycles. The molecule has 0 unspecified atom stereocenters. The van der Waals surface area contributed by atoms with Crippen LogP contribution in [0.15, 0.2) is 0 Å². The second-order valence-corrected chi connectivity index (χ2v) is 8.30. The molecule has 0 fully saturated rings. The van der Waals surface area contributed by atoms with Crippen LogP contribution in [0.2, 0.25) is 0 Å². The lowest BCUT2D eigenvalue weighted by Crippen LogP contribution is -2.15. The van der Waals surface area contributed by atoms with Crippen LogP contribution in [-0.2, 0) is 61.6 Å². The van der Waals surface area contributed by atoms with Gasteiger partial charge in [-0.2, -0.15) is 0 Å². The SMILES string of the molecule is CCCOCCOCCOCCOCCOCCOCCOCCOCCOCCOCCOCCOCCC=O. The topological polar surface area (TPSA) is 128 Å². The van der Waals surface area contributed by atoms with Crippen molar-refractivity contribution in [1.82, 2.24) is 0 Å². The summed E-state index contributed by atoms with van der Waals surface area (Å²) < 4.78 is 64.8. The van der Waals surface area contributed by atoms with Gasteiger partial charge in [-0.25, -0.2) is 0 Å². The lowest BCUT2D eigenvalue weighted by Gasteiger charge is -2.09. The fourth-order valence-corrected chi connectivity index (χ4v) is 2.80. The fourth-order valence-electron chi connectivity index (χ4n) is 2.80. The zero-order valence-electron chi connectivity index (χ0n) is 25.3. The molecule has 41 heavy (non-hydrogen) atoms. The predicted molar refractivity (Wildman–Crippen MR) is 151 cm³/mol. The molecular formula is C28H56O13. The lowest BCUT2D eigenvalue weighted by molar-refractivity contribution is -0.108. The van der Waals surface area contributed by atoms with Crippen molar-refractivity contribution in [2.45, 2.75) is 19.8 Å². The highest BCUT2D eigenvalue weighted by Crippen LogP contribution is 1.87. The summed E-state index contributed by atoms with van der Waals surface area (Å²) >= 11 is 0. The molecule has 13 nitrogen and oxygen atoms in total. The molecule has 0 bridgehead atoms. The lowest BCUT2D eigenvalue weighted by atomic mass is 10.5. The summed E-state index contributed by atoms with van der Waals surface area (Å²) in [6, 6.07) is 0. The van der Waals surface area contributed by atoms with Crippen LogP contribution >= 0.6 is 0 Å². The molecule has 0 amide bonds. The third kappa shape index (κ3) is 39.2. The quantitative estimate of drug-likeness (QED) is 0.0744. The van der Waals surface area contributed by atoms with Gasteiger partial charge < -0.3 is 61.6 Å². The molecule has 0 heterocycles. The van der Waals surface area contributed by atoms with Gasteiger partial charge in [0.05, 0.1) is 152 Å². The van der Waals surface area contributed by atoms with E-state index in [4.69, 9.17) is 56.8 Å². The normalized spacial score (nSPS) is 11.4. The van der Waals surface area contributed by atoms with Crippen LogP contribution < -0.4 is 0 Å². The van der Waals surface area contributed by atoms with Gasteiger partial charge in [0.2, 0.25) is 0 Å². The Hall–Kier alpha value is -0.810. The number of carbonyl (C=O) groups excluding carboxylic acids is 1. The minimum absolute atomic E-state index is 0.416. The van der Waals surface area contributed by atoms with E-state index in [1.165, 1.54) is 0 Å². The third-order valence-corrected chi connectivity index (χ3v) is 4.82. The van der Waals surface area contributed by atoms with Gasteiger partial charge in [-0.05, 0) is 6.42 Å². The van der Waals surface area contributed by atoms with E-state index in [1.807, 2.05) is 0 Å². The summed E-state index contributed by atoms with van der Waals surface area (Å²) in [4.78, 5) is 10.1. The van der Waals surface area contributed by atoms with Crippen molar-refractivity contribution in [2.24, 2.45) is 0 Å². The van der Waals surface area contributed by atoms with Gasteiger partial charge in [0.15, 0.2) is 0 Å². The first-order valence-electron chi connectivity index (χ1n) is 14.8. The second kappa shape index (κ2) is 39.2. The summed E-state index contributed by atoms with van der Waals surface area (Å²) in [7, 11) is 0. The molecule has 246 valence electrons. The maximum Gasteiger partial charge on any atom is 0.122 e. The predicted octanol–water partition coefficient (Wildman–Crippen LogP) is 1.18. The van der Waals surface area contributed by atoms with Gasteiger partial charge in [-0.1, -0.05) is 6.92 Å². The molecule has 0 aromatic carbocycles. The van der Waals surface area contributed by atoms with Crippen LogP contribution in [0, 0.1) is 0 Å². The monoisotopic (exact) mass is 600 g/mol. The van der Waals surface area contributed by atoms with Crippen LogP contribution in [0.25, 0.3) is 0 Å². The van der Waals surface area contributed by atoms with E-state index in [0.717, 1.165) is 19.3 Å². The molecule has 0 spiro atoms. The van der Waals surface area contributed by atoms with Crippen molar-refractivity contribution >= 4 is 6.29 Å². The standard InChI is InChI=1S/C28H56O13/c1-2-5-30-7-9-32-11-13-34-15-17-36-19-21-38-23-25-40-27-28-41-26-24-39-22-20-37-18-16-35-14-12-33-10-8-31-6-3-4-29/h4H,2-3,5-28H2,1H3. The largest absolute Gasteiger partial charge is 0.379 e. The molecule has 0 atom stereocenters. The highest BCUT2D eigenvalue weighted by atomic mass is 16.6. The maximum absolute atomic E-state index is 10.1. The van der Waals surface area contributed by atoms with Gasteiger partial charge in [0.1, 0.15) is 6.29 Å². The van der Waals surface area contributed by atoms with Crippen molar-refractivity contribution in [3.8, 4) is 0 Å². The Labute approximate surface area is 246 Å². The second-order valence-electron chi connectivity index (χ2n) is 8.30. The third-order valence-electron chi connectivity index (χ3n) is 4.82. The Morgan fingerprint density at radius 1 is 0.293 bits per heavy atom. The zero-order chi connectivity index (χ0) is 29.6. The summed E-state index contributed by atoms with van der Waals surface area (Å²) in [6.45, 7) is 14.8. The Morgan fingerprint density at radius 2 is 0.463 bits per heavy atom. The average molecular weight is 601 g/mol. The molecule has 0 rings (SSSR count). The Bertz CT molecular complexity index is 474. The molecule has 0 aliphatic rings. The highest BCUT2D eigenvalue weighted by molar-refractivity contribution is 5.49. The number of ether oxygens (including phenoxy) is 12. The number of carbonyl (C=O) groups is 1. The van der Waals surface area contributed by atoms with Crippen LogP contribution in [0.1, 0.15) is 19.8 Å². The van der Waals surface area contributed by atoms with Crippen LogP contribution in [0.5, 0.6) is 0 Å². The molecule has 0 saturated heterocycles. The van der Waals surface area contributed by atoms with Crippen LogP contribution in [0.3, 0.4) is 0 Å². The molecular weight excluding hydrogens is 544 g/mol. The van der Waals surface area contributed by atoms with Crippen LogP contribution in [0.4, 0.5) is 0 Å². The van der Waals surface area contributed by atoms with E-state index in [0.29, 0.717) is 158 Å². The van der Waals surface area contributed by atoms with Crippen molar-refractivity contribution in [2.75, 3.05) is 159 Å². The minimum Gasteiger partial charge on any atom is -0.379 e. The van der Waals surface area contributed by atoms with Gasteiger partial charge in [0.25, 0.3) is 0 Å². The van der Waals surface area contributed by atoms with E-state index in [9.17, 15) is 4.79 Å². The number of hydrogen-bond donors (Lipinski definition) is 0. The van der Waals surface area contributed by atoms with Crippen molar-refractivity contribution < 1.29 is 61.6 Å². The smallest absolute Gasteiger partial charge is 0.122 e. The fraction of sp³-hybridized carbons (Fsp3) is 0.964. The molecule has 0 aliphatic carbocycles. The first-order chi connectivity index (χ1) is 20.4. The van der Waals surface area contributed by atoms with Gasteiger partial charge in [-0.3, -0.25) is 0 Å². The molecule has 0 aromatic rings. The summed E-state index contributed by atoms with van der Waals surface area (Å²) in [5, 5.41) is 0. The average Bonchev–Trinajstić information content (AvgIpc) is 2.98. The number of rotatable bonds is 38. The first kappa shape index (κ1) is 40.2. The summed E-state index contributed by atoms with van der Waals surface area (Å²) in [6.07, 6.45) is 2.27. The summed E-state index contributed by atoms with van der Waals surface area (Å²) in [5.74, 6) is 0. The van der Waals surface area contributed by atoms with E-state index in [1.54, 1.807) is 0 Å².